The molecule has 1 aliphatic rings. The number of piperidine rings is 1. The second-order valence-electron chi connectivity index (χ2n) is 6.70. The summed E-state index contributed by atoms with van der Waals surface area (Å²) in [7, 11) is 0. The predicted molar refractivity (Wildman–Crippen MR) is 76.0 cm³/mol. The monoisotopic (exact) mass is 240 g/mol. The molecule has 1 fully saturated rings. The van der Waals surface area contributed by atoms with Crippen LogP contribution >= 0.6 is 0 Å². The Bertz CT molecular complexity index is 217. The van der Waals surface area contributed by atoms with E-state index in [9.17, 15) is 0 Å². The zero-order valence-corrected chi connectivity index (χ0v) is 12.6. The Morgan fingerprint density at radius 1 is 1.12 bits per heavy atom. The van der Waals surface area contributed by atoms with Crippen LogP contribution in [0, 0.1) is 23.7 Å². The van der Waals surface area contributed by atoms with Crippen molar-refractivity contribution >= 4 is 0 Å². The van der Waals surface area contributed by atoms with E-state index in [1.165, 1.54) is 13.1 Å². The van der Waals surface area contributed by atoms with Crippen molar-refractivity contribution in [2.45, 2.75) is 60.0 Å². The second-order valence-corrected chi connectivity index (χ2v) is 6.70. The molecule has 0 bridgehead atoms. The van der Waals surface area contributed by atoms with Crippen molar-refractivity contribution < 1.29 is 0 Å². The van der Waals surface area contributed by atoms with E-state index in [1.807, 2.05) is 0 Å². The third-order valence-corrected chi connectivity index (χ3v) is 4.92. The minimum absolute atomic E-state index is 0.401. The van der Waals surface area contributed by atoms with E-state index in [-0.39, 0.29) is 0 Å². The highest BCUT2D eigenvalue weighted by Crippen LogP contribution is 2.27. The highest BCUT2D eigenvalue weighted by Gasteiger charge is 2.32. The summed E-state index contributed by atoms with van der Waals surface area (Å²) < 4.78 is 0. The summed E-state index contributed by atoms with van der Waals surface area (Å²) in [5.74, 6) is 2.98. The van der Waals surface area contributed by atoms with Gasteiger partial charge in [-0.3, -0.25) is 4.90 Å². The van der Waals surface area contributed by atoms with Gasteiger partial charge in [-0.15, -0.1) is 0 Å². The highest BCUT2D eigenvalue weighted by molar-refractivity contribution is 4.88. The summed E-state index contributed by atoms with van der Waals surface area (Å²) in [4.78, 5) is 2.67. The molecule has 0 aliphatic carbocycles. The summed E-state index contributed by atoms with van der Waals surface area (Å²) in [6, 6.07) is 1.04. The van der Waals surface area contributed by atoms with Crippen LogP contribution in [0.4, 0.5) is 0 Å². The normalized spacial score (nSPS) is 31.8. The lowest BCUT2D eigenvalue weighted by Gasteiger charge is -2.44. The number of hydrogen-bond acceptors (Lipinski definition) is 2. The number of nitrogens with zero attached hydrogens (tertiary/aromatic N) is 1. The molecule has 1 aliphatic heterocycles. The Labute approximate surface area is 108 Å². The topological polar surface area (TPSA) is 29.3 Å². The molecule has 1 heterocycles. The molecule has 0 aromatic rings. The van der Waals surface area contributed by atoms with Gasteiger partial charge in [0.05, 0.1) is 0 Å². The molecule has 0 radical (unpaired) electrons. The van der Waals surface area contributed by atoms with Crippen molar-refractivity contribution in [3.05, 3.63) is 0 Å². The minimum atomic E-state index is 0.401. The zero-order valence-electron chi connectivity index (χ0n) is 12.6. The lowest BCUT2D eigenvalue weighted by atomic mass is 9.82. The molecule has 3 unspecified atom stereocenters. The number of likely N-dealkylation sites (tertiary alicyclic amines) is 1. The maximum Gasteiger partial charge on any atom is 0.0107 e. The van der Waals surface area contributed by atoms with Gasteiger partial charge in [0.2, 0.25) is 0 Å². The molecule has 0 saturated carbocycles. The van der Waals surface area contributed by atoms with Crippen molar-refractivity contribution in [2.75, 3.05) is 13.1 Å². The van der Waals surface area contributed by atoms with E-state index in [0.29, 0.717) is 18.0 Å². The summed E-state index contributed by atoms with van der Waals surface area (Å²) in [6.07, 6.45) is 1.16. The molecule has 102 valence electrons. The molecule has 1 rings (SSSR count). The molecule has 0 spiro atoms. The van der Waals surface area contributed by atoms with Crippen molar-refractivity contribution in [1.82, 2.24) is 4.90 Å². The second kappa shape index (κ2) is 6.19. The highest BCUT2D eigenvalue weighted by atomic mass is 15.2. The van der Waals surface area contributed by atoms with Gasteiger partial charge in [-0.1, -0.05) is 34.6 Å². The largest absolute Gasteiger partial charge is 0.327 e. The summed E-state index contributed by atoms with van der Waals surface area (Å²) in [6.45, 7) is 16.5. The lowest BCUT2D eigenvalue weighted by Crippen LogP contribution is -2.53. The van der Waals surface area contributed by atoms with Crippen molar-refractivity contribution in [1.29, 1.82) is 0 Å². The van der Waals surface area contributed by atoms with E-state index < -0.39 is 0 Å². The molecule has 0 amide bonds. The first kappa shape index (κ1) is 15.0. The first-order valence-corrected chi connectivity index (χ1v) is 7.34. The van der Waals surface area contributed by atoms with Crippen LogP contribution in [0.25, 0.3) is 0 Å². The fraction of sp³-hybridized carbons (Fsp3) is 1.00. The van der Waals surface area contributed by atoms with E-state index in [1.54, 1.807) is 0 Å². The van der Waals surface area contributed by atoms with E-state index >= 15 is 0 Å². The number of hydrogen-bond donors (Lipinski definition) is 1. The van der Waals surface area contributed by atoms with E-state index in [4.69, 9.17) is 5.73 Å². The van der Waals surface area contributed by atoms with E-state index in [2.05, 4.69) is 46.4 Å². The molecule has 2 heteroatoms. The fourth-order valence-electron chi connectivity index (χ4n) is 3.19. The number of nitrogens with two attached hydrogens (primary N) is 1. The SMILES string of the molecule is CC(C)C(CN1CCC(N)C(C)C1C)C(C)C. The Morgan fingerprint density at radius 3 is 2.12 bits per heavy atom. The van der Waals surface area contributed by atoms with Crippen LogP contribution in [-0.2, 0) is 0 Å². The summed E-state index contributed by atoms with van der Waals surface area (Å²) >= 11 is 0. The first-order valence-electron chi connectivity index (χ1n) is 7.34. The zero-order chi connectivity index (χ0) is 13.2. The lowest BCUT2D eigenvalue weighted by molar-refractivity contribution is 0.0617. The van der Waals surface area contributed by atoms with Gasteiger partial charge < -0.3 is 5.73 Å². The van der Waals surface area contributed by atoms with Crippen molar-refractivity contribution in [3.8, 4) is 0 Å². The van der Waals surface area contributed by atoms with Crippen LogP contribution in [0.15, 0.2) is 0 Å². The summed E-state index contributed by atoms with van der Waals surface area (Å²) in [5, 5.41) is 0. The molecule has 0 aromatic carbocycles. The Balaban J connectivity index is 2.61. The standard InChI is InChI=1S/C15H32N2/c1-10(2)14(11(3)4)9-17-8-7-15(16)12(5)13(17)6/h10-15H,7-9,16H2,1-6H3. The van der Waals surface area contributed by atoms with Gasteiger partial charge in [0, 0.05) is 18.6 Å². The molecule has 2 nitrogen and oxygen atoms in total. The van der Waals surface area contributed by atoms with Gasteiger partial charge in [0.15, 0.2) is 0 Å². The predicted octanol–water partition coefficient (Wildman–Crippen LogP) is 2.97. The molecule has 2 N–H and O–H groups in total. The van der Waals surface area contributed by atoms with Gasteiger partial charge in [-0.2, -0.15) is 0 Å². The molecule has 1 saturated heterocycles. The fourth-order valence-corrected chi connectivity index (χ4v) is 3.19. The maximum atomic E-state index is 6.15. The third-order valence-electron chi connectivity index (χ3n) is 4.92. The van der Waals surface area contributed by atoms with Gasteiger partial charge in [0.25, 0.3) is 0 Å². The van der Waals surface area contributed by atoms with E-state index in [0.717, 1.165) is 24.2 Å². The molecule has 17 heavy (non-hydrogen) atoms. The average molecular weight is 240 g/mol. The van der Waals surface area contributed by atoms with Gasteiger partial charge >= 0.3 is 0 Å². The summed E-state index contributed by atoms with van der Waals surface area (Å²) in [5.41, 5.74) is 6.15. The Kier molecular flexibility index (Phi) is 5.46. The average Bonchev–Trinajstić information content (AvgIpc) is 2.24. The number of rotatable bonds is 4. The van der Waals surface area contributed by atoms with Crippen LogP contribution in [0.5, 0.6) is 0 Å². The van der Waals surface area contributed by atoms with Crippen LogP contribution in [0.3, 0.4) is 0 Å². The van der Waals surface area contributed by atoms with Gasteiger partial charge in [-0.25, -0.2) is 0 Å². The molecular formula is C15H32N2. The third kappa shape index (κ3) is 3.69. The van der Waals surface area contributed by atoms with Crippen LogP contribution in [-0.4, -0.2) is 30.1 Å². The Hall–Kier alpha value is -0.0800. The van der Waals surface area contributed by atoms with Crippen LogP contribution in [0.1, 0.15) is 48.0 Å². The maximum absolute atomic E-state index is 6.15. The van der Waals surface area contributed by atoms with Crippen molar-refractivity contribution in [3.63, 3.8) is 0 Å². The minimum Gasteiger partial charge on any atom is -0.327 e. The van der Waals surface area contributed by atoms with Crippen LogP contribution < -0.4 is 5.73 Å². The van der Waals surface area contributed by atoms with Crippen molar-refractivity contribution in [2.24, 2.45) is 29.4 Å². The first-order chi connectivity index (χ1) is 7.84. The molecule has 3 atom stereocenters. The quantitative estimate of drug-likeness (QED) is 0.818. The molecule has 0 aromatic heterocycles. The smallest absolute Gasteiger partial charge is 0.0107 e. The van der Waals surface area contributed by atoms with Crippen LogP contribution in [0.2, 0.25) is 0 Å². The Morgan fingerprint density at radius 2 is 1.65 bits per heavy atom. The van der Waals surface area contributed by atoms with Gasteiger partial charge in [-0.05, 0) is 43.6 Å². The molecular weight excluding hydrogens is 208 g/mol. The van der Waals surface area contributed by atoms with Gasteiger partial charge in [0.1, 0.15) is 0 Å².